The lowest BCUT2D eigenvalue weighted by Crippen LogP contribution is -2.36. The molecule has 0 atom stereocenters. The maximum atomic E-state index is 12.3. The molecule has 3 rings (SSSR count). The van der Waals surface area contributed by atoms with Crippen molar-refractivity contribution in [3.05, 3.63) is 40.3 Å². The first-order valence-corrected chi connectivity index (χ1v) is 8.76. The third-order valence-electron chi connectivity index (χ3n) is 3.85. The number of nitrogens with zero attached hydrogens (tertiary/aromatic N) is 3. The molecule has 0 saturated heterocycles. The molecule has 9 nitrogen and oxygen atoms in total. The fourth-order valence-electron chi connectivity index (χ4n) is 2.71. The third kappa shape index (κ3) is 3.49. The van der Waals surface area contributed by atoms with Gasteiger partial charge >= 0.3 is 6.09 Å². The summed E-state index contributed by atoms with van der Waals surface area (Å²) >= 11 is 1.22. The van der Waals surface area contributed by atoms with Gasteiger partial charge in [0.2, 0.25) is 0 Å². The molecule has 0 bridgehead atoms. The molecule has 1 aliphatic rings. The van der Waals surface area contributed by atoms with Crippen LogP contribution in [-0.4, -0.2) is 45.9 Å². The summed E-state index contributed by atoms with van der Waals surface area (Å²) in [4.78, 5) is 46.3. The molecule has 26 heavy (non-hydrogen) atoms. The Hall–Kier alpha value is -3.01. The number of carbonyl (C=O) groups is 3. The van der Waals surface area contributed by atoms with Gasteiger partial charge in [0.25, 0.3) is 11.8 Å². The van der Waals surface area contributed by atoms with E-state index in [1.165, 1.54) is 29.9 Å². The van der Waals surface area contributed by atoms with Crippen molar-refractivity contribution in [1.29, 1.82) is 0 Å². The van der Waals surface area contributed by atoms with Crippen molar-refractivity contribution in [1.82, 2.24) is 14.9 Å². The minimum absolute atomic E-state index is 0.127. The number of ether oxygens (including phenoxy) is 1. The van der Waals surface area contributed by atoms with Crippen LogP contribution in [0.4, 0.5) is 9.80 Å². The molecule has 0 aromatic carbocycles. The quantitative estimate of drug-likeness (QED) is 0.831. The van der Waals surface area contributed by atoms with E-state index in [4.69, 9.17) is 10.5 Å². The minimum atomic E-state index is -0.624. The van der Waals surface area contributed by atoms with Gasteiger partial charge in [0.05, 0.1) is 24.9 Å². The summed E-state index contributed by atoms with van der Waals surface area (Å²) in [5, 5.41) is 3.03. The van der Waals surface area contributed by atoms with Gasteiger partial charge in [-0.3, -0.25) is 14.6 Å². The molecule has 0 radical (unpaired) electrons. The largest absolute Gasteiger partial charge is 0.450 e. The van der Waals surface area contributed by atoms with E-state index < -0.39 is 17.9 Å². The number of aromatic nitrogens is 2. The lowest BCUT2D eigenvalue weighted by molar-refractivity contribution is 0.0997. The first-order chi connectivity index (χ1) is 12.5. The molecule has 3 heterocycles. The Morgan fingerprint density at radius 2 is 2.19 bits per heavy atom. The van der Waals surface area contributed by atoms with Crippen LogP contribution in [0.3, 0.4) is 0 Å². The van der Waals surface area contributed by atoms with E-state index in [2.05, 4.69) is 15.3 Å². The number of thiophene rings is 1. The van der Waals surface area contributed by atoms with Crippen LogP contribution in [-0.2, 0) is 17.7 Å². The van der Waals surface area contributed by atoms with Gasteiger partial charge in [0.1, 0.15) is 10.7 Å². The zero-order chi connectivity index (χ0) is 18.7. The van der Waals surface area contributed by atoms with Crippen molar-refractivity contribution in [3.8, 4) is 0 Å². The number of nitrogens with one attached hydrogen (secondary N) is 1. The monoisotopic (exact) mass is 375 g/mol. The molecule has 136 valence electrons. The minimum Gasteiger partial charge on any atom is -0.450 e. The van der Waals surface area contributed by atoms with Gasteiger partial charge in [-0.05, 0) is 18.9 Å². The van der Waals surface area contributed by atoms with Gasteiger partial charge in [-0.2, -0.15) is 0 Å². The van der Waals surface area contributed by atoms with E-state index in [1.54, 1.807) is 11.8 Å². The molecule has 3 N–H and O–H groups in total. The summed E-state index contributed by atoms with van der Waals surface area (Å²) < 4.78 is 5.02. The maximum Gasteiger partial charge on any atom is 0.410 e. The second kappa shape index (κ2) is 7.48. The van der Waals surface area contributed by atoms with Crippen molar-refractivity contribution in [2.45, 2.75) is 19.9 Å². The zero-order valence-corrected chi connectivity index (χ0v) is 14.8. The van der Waals surface area contributed by atoms with Gasteiger partial charge in [-0.1, -0.05) is 0 Å². The van der Waals surface area contributed by atoms with E-state index in [0.29, 0.717) is 31.1 Å². The van der Waals surface area contributed by atoms with Gasteiger partial charge in [0.15, 0.2) is 0 Å². The molecule has 10 heteroatoms. The van der Waals surface area contributed by atoms with Crippen LogP contribution in [0.1, 0.15) is 38.2 Å². The summed E-state index contributed by atoms with van der Waals surface area (Å²) in [6.07, 6.45) is 4.25. The Kier molecular flexibility index (Phi) is 5.12. The van der Waals surface area contributed by atoms with Crippen LogP contribution in [0.15, 0.2) is 18.6 Å². The van der Waals surface area contributed by atoms with Crippen LogP contribution in [0, 0.1) is 0 Å². The molecule has 0 spiro atoms. The van der Waals surface area contributed by atoms with Crippen molar-refractivity contribution in [2.75, 3.05) is 18.5 Å². The standard InChI is InChI=1S/C16H17N5O4S/c1-2-25-16(24)21-6-3-9-11(8-21)26-15(12(9)13(17)22)20-14(23)10-7-18-4-5-19-10/h4-5,7H,2-3,6,8H2,1H3,(H2,17,22)(H,20,23). The SMILES string of the molecule is CCOC(=O)N1CCc2c(sc(NC(=O)c3cnccn3)c2C(N)=O)C1. The molecule has 3 amide bonds. The van der Waals surface area contributed by atoms with E-state index >= 15 is 0 Å². The zero-order valence-electron chi connectivity index (χ0n) is 14.0. The van der Waals surface area contributed by atoms with Crippen LogP contribution in [0.5, 0.6) is 0 Å². The number of amides is 3. The number of carbonyl (C=O) groups excluding carboxylic acids is 3. The lowest BCUT2D eigenvalue weighted by atomic mass is 10.0. The van der Waals surface area contributed by atoms with E-state index in [0.717, 1.165) is 10.4 Å². The summed E-state index contributed by atoms with van der Waals surface area (Å²) in [6, 6.07) is 0. The molecule has 2 aromatic heterocycles. The van der Waals surface area contributed by atoms with Crippen LogP contribution >= 0.6 is 11.3 Å². The highest BCUT2D eigenvalue weighted by Gasteiger charge is 2.30. The average Bonchev–Trinajstić information content (AvgIpc) is 2.99. The van der Waals surface area contributed by atoms with Crippen molar-refractivity contribution >= 4 is 34.2 Å². The van der Waals surface area contributed by atoms with Crippen LogP contribution in [0.25, 0.3) is 0 Å². The van der Waals surface area contributed by atoms with Crippen LogP contribution in [0.2, 0.25) is 0 Å². The molecule has 0 fully saturated rings. The van der Waals surface area contributed by atoms with Gasteiger partial charge in [-0.25, -0.2) is 9.78 Å². The lowest BCUT2D eigenvalue weighted by Gasteiger charge is -2.26. The molecular weight excluding hydrogens is 358 g/mol. The first kappa shape index (κ1) is 17.8. The average molecular weight is 375 g/mol. The van der Waals surface area contributed by atoms with Gasteiger partial charge in [0, 0.05) is 23.8 Å². The summed E-state index contributed by atoms with van der Waals surface area (Å²) in [7, 11) is 0. The number of fused-ring (bicyclic) bond motifs is 1. The second-order valence-electron chi connectivity index (χ2n) is 5.49. The molecular formula is C16H17N5O4S. The molecule has 0 aliphatic carbocycles. The number of anilines is 1. The Bertz CT molecular complexity index is 852. The Morgan fingerprint density at radius 3 is 2.85 bits per heavy atom. The summed E-state index contributed by atoms with van der Waals surface area (Å²) in [5.41, 5.74) is 6.69. The number of nitrogens with two attached hydrogens (primary N) is 1. The first-order valence-electron chi connectivity index (χ1n) is 7.94. The second-order valence-corrected chi connectivity index (χ2v) is 6.59. The predicted octanol–water partition coefficient (Wildman–Crippen LogP) is 1.40. The van der Waals surface area contributed by atoms with Crippen molar-refractivity contribution in [2.24, 2.45) is 5.73 Å². The Morgan fingerprint density at radius 1 is 1.38 bits per heavy atom. The van der Waals surface area contributed by atoms with Crippen LogP contribution < -0.4 is 11.1 Å². The Balaban J connectivity index is 1.87. The molecule has 0 saturated carbocycles. The van der Waals surface area contributed by atoms with Crippen molar-refractivity contribution < 1.29 is 19.1 Å². The topological polar surface area (TPSA) is 128 Å². The molecule has 2 aromatic rings. The maximum absolute atomic E-state index is 12.3. The highest BCUT2D eigenvalue weighted by atomic mass is 32.1. The number of hydrogen-bond acceptors (Lipinski definition) is 7. The summed E-state index contributed by atoms with van der Waals surface area (Å²) in [5.74, 6) is -1.11. The van der Waals surface area contributed by atoms with Crippen molar-refractivity contribution in [3.63, 3.8) is 0 Å². The van der Waals surface area contributed by atoms with E-state index in [9.17, 15) is 14.4 Å². The highest BCUT2D eigenvalue weighted by molar-refractivity contribution is 7.17. The fraction of sp³-hybridized carbons (Fsp3) is 0.312. The number of rotatable bonds is 4. The smallest absolute Gasteiger partial charge is 0.410 e. The number of hydrogen-bond donors (Lipinski definition) is 2. The fourth-order valence-corrected chi connectivity index (χ4v) is 3.97. The third-order valence-corrected chi connectivity index (χ3v) is 4.98. The summed E-state index contributed by atoms with van der Waals surface area (Å²) in [6.45, 7) is 2.75. The van der Waals surface area contributed by atoms with Gasteiger partial charge < -0.3 is 20.7 Å². The Labute approximate surface area is 153 Å². The van der Waals surface area contributed by atoms with Gasteiger partial charge in [-0.15, -0.1) is 11.3 Å². The van der Waals surface area contributed by atoms with E-state index in [-0.39, 0.29) is 11.3 Å². The predicted molar refractivity (Wildman–Crippen MR) is 94.0 cm³/mol. The highest BCUT2D eigenvalue weighted by Crippen LogP contribution is 2.37. The molecule has 1 aliphatic heterocycles. The normalized spacial score (nSPS) is 13.0. The number of primary amides is 1. The molecule has 0 unspecified atom stereocenters. The van der Waals surface area contributed by atoms with E-state index in [1.807, 2.05) is 0 Å².